The van der Waals surface area contributed by atoms with Crippen molar-refractivity contribution in [2.45, 2.75) is 0 Å². The van der Waals surface area contributed by atoms with Crippen LogP contribution >= 0.6 is 0 Å². The molecule has 0 saturated carbocycles. The van der Waals surface area contributed by atoms with Crippen molar-refractivity contribution in [1.82, 2.24) is 15.0 Å². The summed E-state index contributed by atoms with van der Waals surface area (Å²) in [5, 5.41) is 10.0. The summed E-state index contributed by atoms with van der Waals surface area (Å²) < 4.78 is 0. The molecule has 0 aliphatic heterocycles. The Hall–Kier alpha value is -6.97. The van der Waals surface area contributed by atoms with Crippen molar-refractivity contribution in [2.24, 2.45) is 0 Å². The molecule has 3 nitrogen and oxygen atoms in total. The first kappa shape index (κ1) is 29.9. The van der Waals surface area contributed by atoms with Crippen LogP contribution in [0.2, 0.25) is 0 Å². The molecule has 0 bridgehead atoms. The fourth-order valence-electron chi connectivity index (χ4n) is 7.70. The number of fused-ring (bicyclic) bond motifs is 6. The zero-order valence-electron chi connectivity index (χ0n) is 28.2. The average molecular weight is 662 g/mol. The monoisotopic (exact) mass is 661 g/mol. The van der Waals surface area contributed by atoms with E-state index in [0.717, 1.165) is 33.9 Å². The summed E-state index contributed by atoms with van der Waals surface area (Å²) in [6.45, 7) is 0. The molecule has 7 aromatic carbocycles. The number of rotatable bonds is 5. The van der Waals surface area contributed by atoms with Crippen molar-refractivity contribution < 1.29 is 0 Å². The molecule has 0 N–H and O–H groups in total. The van der Waals surface area contributed by atoms with Crippen LogP contribution in [-0.2, 0) is 0 Å². The Kier molecular flexibility index (Phi) is 7.14. The molecule has 242 valence electrons. The highest BCUT2D eigenvalue weighted by atomic mass is 14.8. The van der Waals surface area contributed by atoms with Crippen molar-refractivity contribution in [2.75, 3.05) is 0 Å². The van der Waals surface area contributed by atoms with Crippen LogP contribution < -0.4 is 0 Å². The molecule has 0 fully saturated rings. The lowest BCUT2D eigenvalue weighted by Crippen LogP contribution is -1.94. The molecular weight excluding hydrogens is 631 g/mol. The quantitative estimate of drug-likeness (QED) is 0.172. The molecule has 0 amide bonds. The van der Waals surface area contributed by atoms with Crippen molar-refractivity contribution >= 4 is 43.1 Å². The Morgan fingerprint density at radius 3 is 1.38 bits per heavy atom. The second-order valence-corrected chi connectivity index (χ2v) is 13.2. The zero-order valence-corrected chi connectivity index (χ0v) is 28.2. The maximum atomic E-state index is 4.97. The normalized spacial score (nSPS) is 11.5. The number of nitrogens with zero attached hydrogens (tertiary/aromatic N) is 3. The van der Waals surface area contributed by atoms with E-state index in [0.29, 0.717) is 0 Å². The van der Waals surface area contributed by atoms with Gasteiger partial charge in [0.1, 0.15) is 0 Å². The van der Waals surface area contributed by atoms with Crippen LogP contribution in [0.5, 0.6) is 0 Å². The van der Waals surface area contributed by atoms with E-state index in [2.05, 4.69) is 149 Å². The molecule has 3 heteroatoms. The van der Waals surface area contributed by atoms with Gasteiger partial charge in [-0.25, -0.2) is 4.98 Å². The maximum Gasteiger partial charge on any atom is 0.0900 e. The second-order valence-electron chi connectivity index (χ2n) is 13.2. The predicted octanol–water partition coefficient (Wildman–Crippen LogP) is 12.8. The Bertz CT molecular complexity index is 2870. The van der Waals surface area contributed by atoms with Crippen LogP contribution in [0.3, 0.4) is 0 Å². The minimum Gasteiger partial charge on any atom is -0.255 e. The van der Waals surface area contributed by atoms with Gasteiger partial charge in [-0.3, -0.25) is 9.97 Å². The number of hydrogen-bond acceptors (Lipinski definition) is 3. The molecule has 10 rings (SSSR count). The standard InChI is InChI=1S/C49H31N3/c1-2-14-36-33(12-1)13-11-19-37(36)43-31-45-39-16-4-3-15-38(39)42(30-44(45)41-18-6-5-17-40(41)43)34-24-22-32(23-25-34)35-28-48(46-20-7-9-26-50-46)52-49(29-35)47-21-8-10-27-51-47/h1-31H. The van der Waals surface area contributed by atoms with E-state index in [1.54, 1.807) is 12.4 Å². The average Bonchev–Trinajstić information content (AvgIpc) is 3.23. The Morgan fingerprint density at radius 1 is 0.269 bits per heavy atom. The van der Waals surface area contributed by atoms with Gasteiger partial charge in [0.2, 0.25) is 0 Å². The van der Waals surface area contributed by atoms with Gasteiger partial charge in [-0.15, -0.1) is 0 Å². The van der Waals surface area contributed by atoms with E-state index in [4.69, 9.17) is 4.98 Å². The van der Waals surface area contributed by atoms with Gasteiger partial charge in [0.05, 0.1) is 22.8 Å². The minimum absolute atomic E-state index is 0.818. The van der Waals surface area contributed by atoms with E-state index < -0.39 is 0 Å². The van der Waals surface area contributed by atoms with Gasteiger partial charge in [-0.05, 0) is 125 Å². The lowest BCUT2D eigenvalue weighted by Gasteiger charge is -2.17. The van der Waals surface area contributed by atoms with Gasteiger partial charge in [-0.2, -0.15) is 0 Å². The van der Waals surface area contributed by atoms with Crippen LogP contribution in [0.25, 0.3) is 99.2 Å². The fourth-order valence-corrected chi connectivity index (χ4v) is 7.70. The minimum atomic E-state index is 0.818. The Balaban J connectivity index is 1.14. The maximum absolute atomic E-state index is 4.97. The first-order valence-electron chi connectivity index (χ1n) is 17.6. The van der Waals surface area contributed by atoms with E-state index >= 15 is 0 Å². The van der Waals surface area contributed by atoms with Gasteiger partial charge >= 0.3 is 0 Å². The summed E-state index contributed by atoms with van der Waals surface area (Å²) in [5.74, 6) is 0. The van der Waals surface area contributed by atoms with Gasteiger partial charge in [-0.1, -0.05) is 127 Å². The molecule has 0 atom stereocenters. The third kappa shape index (κ3) is 5.10. The van der Waals surface area contributed by atoms with Crippen LogP contribution in [0.4, 0.5) is 0 Å². The molecule has 0 spiro atoms. The van der Waals surface area contributed by atoms with Crippen molar-refractivity contribution in [3.63, 3.8) is 0 Å². The Labute approximate surface area is 301 Å². The van der Waals surface area contributed by atoms with E-state index in [-0.39, 0.29) is 0 Å². The molecule has 0 saturated heterocycles. The number of benzene rings is 7. The third-order valence-electron chi connectivity index (χ3n) is 10.2. The van der Waals surface area contributed by atoms with Crippen molar-refractivity contribution in [1.29, 1.82) is 0 Å². The van der Waals surface area contributed by atoms with Gasteiger partial charge < -0.3 is 0 Å². The van der Waals surface area contributed by atoms with E-state index in [1.165, 1.54) is 65.3 Å². The number of pyridine rings is 3. The zero-order chi connectivity index (χ0) is 34.4. The molecule has 0 aliphatic rings. The smallest absolute Gasteiger partial charge is 0.0900 e. The molecular formula is C49H31N3. The summed E-state index contributed by atoms with van der Waals surface area (Å²) in [5.41, 5.74) is 10.4. The van der Waals surface area contributed by atoms with Crippen molar-refractivity contribution in [3.8, 4) is 56.2 Å². The van der Waals surface area contributed by atoms with Gasteiger partial charge in [0.25, 0.3) is 0 Å². The molecule has 52 heavy (non-hydrogen) atoms. The predicted molar refractivity (Wildman–Crippen MR) is 217 cm³/mol. The molecule has 10 aromatic rings. The highest BCUT2D eigenvalue weighted by molar-refractivity contribution is 6.24. The first-order chi connectivity index (χ1) is 25.8. The molecule has 0 unspecified atom stereocenters. The number of aromatic nitrogens is 3. The molecule has 3 heterocycles. The van der Waals surface area contributed by atoms with Crippen LogP contribution in [0, 0.1) is 0 Å². The van der Waals surface area contributed by atoms with Crippen LogP contribution in [-0.4, -0.2) is 15.0 Å². The van der Waals surface area contributed by atoms with E-state index in [9.17, 15) is 0 Å². The van der Waals surface area contributed by atoms with Gasteiger partial charge in [0, 0.05) is 12.4 Å². The van der Waals surface area contributed by atoms with Crippen LogP contribution in [0.1, 0.15) is 0 Å². The summed E-state index contributed by atoms with van der Waals surface area (Å²) in [6.07, 6.45) is 3.61. The SMILES string of the molecule is c1ccc(-c2cc(-c3ccc(-c4cc5c6ccccc6c(-c6cccc7ccccc67)cc5c5ccccc45)cc3)cc(-c3ccccn3)n2)nc1. The van der Waals surface area contributed by atoms with Gasteiger partial charge in [0.15, 0.2) is 0 Å². The summed E-state index contributed by atoms with van der Waals surface area (Å²) in [6, 6.07) is 62.8. The topological polar surface area (TPSA) is 38.7 Å². The molecule has 0 radical (unpaired) electrons. The largest absolute Gasteiger partial charge is 0.255 e. The summed E-state index contributed by atoms with van der Waals surface area (Å²) in [4.78, 5) is 14.2. The highest BCUT2D eigenvalue weighted by Gasteiger charge is 2.16. The lowest BCUT2D eigenvalue weighted by atomic mass is 9.86. The molecule has 3 aromatic heterocycles. The lowest BCUT2D eigenvalue weighted by molar-refractivity contribution is 1.22. The summed E-state index contributed by atoms with van der Waals surface area (Å²) in [7, 11) is 0. The first-order valence-corrected chi connectivity index (χ1v) is 17.6. The second kappa shape index (κ2) is 12.4. The van der Waals surface area contributed by atoms with E-state index in [1.807, 2.05) is 36.4 Å². The summed E-state index contributed by atoms with van der Waals surface area (Å²) >= 11 is 0. The highest BCUT2D eigenvalue weighted by Crippen LogP contribution is 2.43. The van der Waals surface area contributed by atoms with Crippen LogP contribution in [0.15, 0.2) is 188 Å². The van der Waals surface area contributed by atoms with Crippen molar-refractivity contribution in [3.05, 3.63) is 188 Å². The number of hydrogen-bond donors (Lipinski definition) is 0. The fraction of sp³-hybridized carbons (Fsp3) is 0. The third-order valence-corrected chi connectivity index (χ3v) is 10.2. The Morgan fingerprint density at radius 2 is 0.769 bits per heavy atom. The molecule has 0 aliphatic carbocycles.